The number of nitrogens with one attached hydrogen (secondary N) is 2. The first-order chi connectivity index (χ1) is 12.0. The maximum Gasteiger partial charge on any atom is 0.321 e. The van der Waals surface area contributed by atoms with Gasteiger partial charge in [0.1, 0.15) is 0 Å². The molecule has 1 aromatic carbocycles. The van der Waals surface area contributed by atoms with Crippen LogP contribution in [-0.2, 0) is 4.79 Å². The summed E-state index contributed by atoms with van der Waals surface area (Å²) in [5.74, 6) is 2.31. The smallest absolute Gasteiger partial charge is 0.321 e. The highest BCUT2D eigenvalue weighted by Crippen LogP contribution is 2.62. The fraction of sp³-hybridized carbons (Fsp3) is 0.600. The fourth-order valence-electron chi connectivity index (χ4n) is 5.38. The van der Waals surface area contributed by atoms with Crippen molar-refractivity contribution in [3.05, 3.63) is 24.3 Å². The molecule has 2 aliphatic carbocycles. The molecule has 1 aliphatic heterocycles. The standard InChI is InChI=1S/C20H27N3O2/c1-3-18(24)21-15-6-8-16(9-7-15)22-19(25)23-11-17-13-4-5-14(10-13)20(17,2)12-23/h6-9,13-14,17H,3-5,10-12H2,1-2H3,(H,21,24)(H,22,25)/t13-,14+,17?,20-/m1/s1. The Morgan fingerprint density at radius 2 is 1.84 bits per heavy atom. The van der Waals surface area contributed by atoms with Crippen molar-refractivity contribution in [2.45, 2.75) is 39.5 Å². The molecule has 2 N–H and O–H groups in total. The largest absolute Gasteiger partial charge is 0.326 e. The van der Waals surface area contributed by atoms with Crippen LogP contribution in [0.25, 0.3) is 0 Å². The molecule has 3 aliphatic rings. The van der Waals surface area contributed by atoms with Crippen LogP contribution in [0.5, 0.6) is 0 Å². The van der Waals surface area contributed by atoms with Gasteiger partial charge in [-0.25, -0.2) is 4.79 Å². The van der Waals surface area contributed by atoms with Crippen LogP contribution in [0.1, 0.15) is 39.5 Å². The average Bonchev–Trinajstić information content (AvgIpc) is 3.27. The summed E-state index contributed by atoms with van der Waals surface area (Å²) in [6, 6.07) is 7.32. The highest BCUT2D eigenvalue weighted by molar-refractivity contribution is 5.92. The predicted molar refractivity (Wildman–Crippen MR) is 98.4 cm³/mol. The molecule has 0 spiro atoms. The molecule has 4 rings (SSSR count). The van der Waals surface area contributed by atoms with E-state index in [2.05, 4.69) is 17.6 Å². The van der Waals surface area contributed by atoms with Gasteiger partial charge in [-0.05, 0) is 66.7 Å². The second-order valence-corrected chi connectivity index (χ2v) is 8.17. The van der Waals surface area contributed by atoms with E-state index in [4.69, 9.17) is 0 Å². The Bertz CT molecular complexity index is 687. The number of nitrogens with zero attached hydrogens (tertiary/aromatic N) is 1. The van der Waals surface area contributed by atoms with Gasteiger partial charge in [0.15, 0.2) is 0 Å². The summed E-state index contributed by atoms with van der Waals surface area (Å²) in [6.45, 7) is 5.99. The van der Waals surface area contributed by atoms with Crippen molar-refractivity contribution >= 4 is 23.3 Å². The van der Waals surface area contributed by atoms with E-state index in [1.807, 2.05) is 36.1 Å². The van der Waals surface area contributed by atoms with E-state index >= 15 is 0 Å². The van der Waals surface area contributed by atoms with Crippen LogP contribution in [0.4, 0.5) is 16.2 Å². The molecule has 3 amide bonds. The topological polar surface area (TPSA) is 61.4 Å². The van der Waals surface area contributed by atoms with Gasteiger partial charge in [-0.2, -0.15) is 0 Å². The van der Waals surface area contributed by atoms with E-state index in [0.29, 0.717) is 17.8 Å². The van der Waals surface area contributed by atoms with Crippen molar-refractivity contribution in [3.8, 4) is 0 Å². The highest BCUT2D eigenvalue weighted by Gasteiger charge is 2.59. The zero-order valence-corrected chi connectivity index (χ0v) is 15.0. The van der Waals surface area contributed by atoms with E-state index in [0.717, 1.165) is 36.3 Å². The molecular formula is C20H27N3O2. The van der Waals surface area contributed by atoms with Crippen molar-refractivity contribution in [3.63, 3.8) is 0 Å². The minimum Gasteiger partial charge on any atom is -0.326 e. The number of amides is 3. The predicted octanol–water partition coefficient (Wildman–Crippen LogP) is 3.94. The summed E-state index contributed by atoms with van der Waals surface area (Å²) >= 11 is 0. The lowest BCUT2D eigenvalue weighted by Crippen LogP contribution is -2.36. The van der Waals surface area contributed by atoms with E-state index < -0.39 is 0 Å². The molecule has 1 saturated heterocycles. The van der Waals surface area contributed by atoms with Crippen molar-refractivity contribution < 1.29 is 9.59 Å². The molecule has 1 aromatic rings. The molecule has 5 nitrogen and oxygen atoms in total. The number of likely N-dealkylation sites (tertiary alicyclic amines) is 1. The number of urea groups is 1. The Morgan fingerprint density at radius 3 is 2.48 bits per heavy atom. The Kier molecular flexibility index (Phi) is 3.97. The van der Waals surface area contributed by atoms with Gasteiger partial charge in [0, 0.05) is 30.9 Å². The quantitative estimate of drug-likeness (QED) is 0.875. The fourth-order valence-corrected chi connectivity index (χ4v) is 5.38. The normalized spacial score (nSPS) is 32.6. The number of carbonyl (C=O) groups is 2. The number of anilines is 2. The van der Waals surface area contributed by atoms with E-state index in [9.17, 15) is 9.59 Å². The summed E-state index contributed by atoms with van der Waals surface area (Å²) in [5.41, 5.74) is 1.85. The molecule has 4 atom stereocenters. The first kappa shape index (κ1) is 16.4. The zero-order chi connectivity index (χ0) is 17.6. The number of fused-ring (bicyclic) bond motifs is 5. The minimum absolute atomic E-state index is 0.000341. The Labute approximate surface area is 149 Å². The number of hydrogen-bond donors (Lipinski definition) is 2. The van der Waals surface area contributed by atoms with Crippen LogP contribution in [0.2, 0.25) is 0 Å². The summed E-state index contributed by atoms with van der Waals surface area (Å²) < 4.78 is 0. The zero-order valence-electron chi connectivity index (χ0n) is 15.0. The third kappa shape index (κ3) is 2.79. The van der Waals surface area contributed by atoms with Crippen LogP contribution in [0.3, 0.4) is 0 Å². The first-order valence-corrected chi connectivity index (χ1v) is 9.45. The summed E-state index contributed by atoms with van der Waals surface area (Å²) in [4.78, 5) is 26.1. The third-order valence-electron chi connectivity index (χ3n) is 6.80. The molecule has 0 radical (unpaired) electrons. The van der Waals surface area contributed by atoms with Gasteiger partial charge in [0.05, 0.1) is 0 Å². The molecule has 1 heterocycles. The van der Waals surface area contributed by atoms with Crippen molar-refractivity contribution in [2.24, 2.45) is 23.2 Å². The second kappa shape index (κ2) is 6.04. The third-order valence-corrected chi connectivity index (χ3v) is 6.80. The summed E-state index contributed by atoms with van der Waals surface area (Å²) in [6.07, 6.45) is 4.53. The molecule has 25 heavy (non-hydrogen) atoms. The van der Waals surface area contributed by atoms with Crippen LogP contribution < -0.4 is 10.6 Å². The van der Waals surface area contributed by atoms with Gasteiger partial charge >= 0.3 is 6.03 Å². The molecule has 3 fully saturated rings. The molecule has 134 valence electrons. The lowest BCUT2D eigenvalue weighted by atomic mass is 9.70. The van der Waals surface area contributed by atoms with E-state index in [1.54, 1.807) is 0 Å². The van der Waals surface area contributed by atoms with Crippen LogP contribution in [0, 0.1) is 23.2 Å². The van der Waals surface area contributed by atoms with Crippen LogP contribution >= 0.6 is 0 Å². The minimum atomic E-state index is -0.0109. The molecule has 1 unspecified atom stereocenters. The molecular weight excluding hydrogens is 314 g/mol. The first-order valence-electron chi connectivity index (χ1n) is 9.45. The maximum absolute atomic E-state index is 12.7. The lowest BCUT2D eigenvalue weighted by molar-refractivity contribution is -0.115. The molecule has 0 aromatic heterocycles. The maximum atomic E-state index is 12.7. The van der Waals surface area contributed by atoms with Gasteiger partial charge in [-0.15, -0.1) is 0 Å². The van der Waals surface area contributed by atoms with Gasteiger partial charge in [0.2, 0.25) is 5.91 Å². The summed E-state index contributed by atoms with van der Waals surface area (Å²) in [5, 5.41) is 5.82. The average molecular weight is 341 g/mol. The van der Waals surface area contributed by atoms with Gasteiger partial charge in [-0.1, -0.05) is 13.8 Å². The van der Waals surface area contributed by atoms with E-state index in [1.165, 1.54) is 19.3 Å². The van der Waals surface area contributed by atoms with Crippen LogP contribution in [0.15, 0.2) is 24.3 Å². The Balaban J connectivity index is 1.37. The van der Waals surface area contributed by atoms with Crippen LogP contribution in [-0.4, -0.2) is 29.9 Å². The summed E-state index contributed by atoms with van der Waals surface area (Å²) in [7, 11) is 0. The molecule has 2 bridgehead atoms. The van der Waals surface area contributed by atoms with Gasteiger partial charge in [0.25, 0.3) is 0 Å². The van der Waals surface area contributed by atoms with Crippen molar-refractivity contribution in [1.29, 1.82) is 0 Å². The lowest BCUT2D eigenvalue weighted by Gasteiger charge is -2.34. The molecule has 2 saturated carbocycles. The number of benzene rings is 1. The number of rotatable bonds is 3. The number of hydrogen-bond acceptors (Lipinski definition) is 2. The SMILES string of the molecule is CCC(=O)Nc1ccc(NC(=O)N2CC3[C@@H]4CC[C@@H](C4)[C@@]3(C)C2)cc1. The Morgan fingerprint density at radius 1 is 1.16 bits per heavy atom. The Hall–Kier alpha value is -2.04. The van der Waals surface area contributed by atoms with Crippen molar-refractivity contribution in [2.75, 3.05) is 23.7 Å². The second-order valence-electron chi connectivity index (χ2n) is 8.17. The molecule has 5 heteroatoms. The van der Waals surface area contributed by atoms with Gasteiger partial charge in [-0.3, -0.25) is 4.79 Å². The number of carbonyl (C=O) groups excluding carboxylic acids is 2. The van der Waals surface area contributed by atoms with Gasteiger partial charge < -0.3 is 15.5 Å². The monoisotopic (exact) mass is 341 g/mol. The van der Waals surface area contributed by atoms with E-state index in [-0.39, 0.29) is 11.9 Å². The van der Waals surface area contributed by atoms with Crippen molar-refractivity contribution in [1.82, 2.24) is 4.90 Å². The highest BCUT2D eigenvalue weighted by atomic mass is 16.2.